The fourth-order valence-electron chi connectivity index (χ4n) is 3.58. The van der Waals surface area contributed by atoms with E-state index in [0.717, 1.165) is 11.8 Å². The van der Waals surface area contributed by atoms with E-state index in [4.69, 9.17) is 9.15 Å². The maximum atomic E-state index is 13.1. The molecule has 0 bridgehead atoms. The number of carboxylic acid groups (broad SMARTS) is 1. The Bertz CT molecular complexity index is 1460. The fraction of sp³-hybridized carbons (Fsp3) is 0.160. The second-order valence-electron chi connectivity index (χ2n) is 7.80. The molecule has 2 N–H and O–H groups in total. The number of aromatic carboxylic acids is 1. The Morgan fingerprint density at radius 2 is 1.68 bits per heavy atom. The number of benzene rings is 3. The van der Waals surface area contributed by atoms with Gasteiger partial charge in [0, 0.05) is 29.0 Å². The molecular weight excluding hydrogens is 461 g/mol. The van der Waals surface area contributed by atoms with E-state index in [2.05, 4.69) is 5.32 Å². The second kappa shape index (κ2) is 9.18. The summed E-state index contributed by atoms with van der Waals surface area (Å²) in [5, 5.41) is 13.2. The van der Waals surface area contributed by atoms with Gasteiger partial charge in [-0.25, -0.2) is 17.6 Å². The summed E-state index contributed by atoms with van der Waals surface area (Å²) < 4.78 is 47.8. The number of anilines is 1. The zero-order chi connectivity index (χ0) is 24.5. The highest BCUT2D eigenvalue weighted by Crippen LogP contribution is 2.37. The molecule has 0 spiro atoms. The molecule has 4 aromatic rings. The number of fused-ring (bicyclic) bond motifs is 1. The number of aryl methyl sites for hydroxylation is 1. The number of halogens is 1. The number of carboxylic acids is 1. The molecule has 0 atom stereocenters. The standard InChI is InChI=1S/C25H22FNO6S/c1-3-15-12-20-22(13-21(15)27-14-34(2,30)31)33-24(23(20)25(28)29)16-4-8-18(9-5-16)32-19-10-6-17(26)7-11-19/h4-13,27H,3,14H2,1-2H3,(H,28,29). The Morgan fingerprint density at radius 3 is 2.24 bits per heavy atom. The number of furan rings is 1. The first kappa shape index (κ1) is 23.3. The van der Waals surface area contributed by atoms with Gasteiger partial charge in [0.05, 0.1) is 0 Å². The van der Waals surface area contributed by atoms with Crippen LogP contribution in [0, 0.1) is 5.82 Å². The average Bonchev–Trinajstić information content (AvgIpc) is 3.17. The molecule has 9 heteroatoms. The van der Waals surface area contributed by atoms with Crippen LogP contribution < -0.4 is 10.1 Å². The summed E-state index contributed by atoms with van der Waals surface area (Å²) in [4.78, 5) is 12.1. The van der Waals surface area contributed by atoms with Crippen molar-refractivity contribution in [2.45, 2.75) is 13.3 Å². The lowest BCUT2D eigenvalue weighted by Gasteiger charge is -2.10. The highest BCUT2D eigenvalue weighted by molar-refractivity contribution is 7.90. The highest BCUT2D eigenvalue weighted by Gasteiger charge is 2.23. The minimum absolute atomic E-state index is 0.0200. The van der Waals surface area contributed by atoms with Gasteiger partial charge in [-0.2, -0.15) is 0 Å². The molecule has 1 heterocycles. The first-order chi connectivity index (χ1) is 16.1. The van der Waals surface area contributed by atoms with Gasteiger partial charge in [-0.3, -0.25) is 0 Å². The molecule has 0 unspecified atom stereocenters. The SMILES string of the molecule is CCc1cc2c(C(=O)O)c(-c3ccc(Oc4ccc(F)cc4)cc3)oc2cc1NCS(C)(=O)=O. The Morgan fingerprint density at radius 1 is 1.06 bits per heavy atom. The van der Waals surface area contributed by atoms with Crippen molar-refractivity contribution >= 4 is 32.5 Å². The van der Waals surface area contributed by atoms with E-state index >= 15 is 0 Å². The quantitative estimate of drug-likeness (QED) is 0.331. The van der Waals surface area contributed by atoms with Crippen LogP contribution in [0.25, 0.3) is 22.3 Å². The van der Waals surface area contributed by atoms with Crippen molar-refractivity contribution in [3.05, 3.63) is 77.6 Å². The maximum Gasteiger partial charge on any atom is 0.340 e. The predicted octanol–water partition coefficient (Wildman–Crippen LogP) is 5.71. The second-order valence-corrected chi connectivity index (χ2v) is 9.94. The molecule has 176 valence electrons. The Kier molecular flexibility index (Phi) is 6.30. The van der Waals surface area contributed by atoms with Crippen molar-refractivity contribution in [1.82, 2.24) is 0 Å². The molecule has 0 aliphatic carbocycles. The first-order valence-corrected chi connectivity index (χ1v) is 12.5. The third-order valence-electron chi connectivity index (χ3n) is 5.20. The molecule has 7 nitrogen and oxygen atoms in total. The van der Waals surface area contributed by atoms with Gasteiger partial charge >= 0.3 is 5.97 Å². The van der Waals surface area contributed by atoms with Crippen molar-refractivity contribution in [1.29, 1.82) is 0 Å². The number of ether oxygens (including phenoxy) is 1. The van der Waals surface area contributed by atoms with Crippen LogP contribution in [-0.4, -0.2) is 31.6 Å². The highest BCUT2D eigenvalue weighted by atomic mass is 32.2. The van der Waals surface area contributed by atoms with Gasteiger partial charge in [0.25, 0.3) is 0 Å². The molecule has 34 heavy (non-hydrogen) atoms. The summed E-state index contributed by atoms with van der Waals surface area (Å²) in [7, 11) is -3.26. The minimum Gasteiger partial charge on any atom is -0.478 e. The molecule has 1 aromatic heterocycles. The Hall–Kier alpha value is -3.85. The van der Waals surface area contributed by atoms with Crippen LogP contribution in [0.5, 0.6) is 11.5 Å². The lowest BCUT2D eigenvalue weighted by Crippen LogP contribution is -2.13. The monoisotopic (exact) mass is 483 g/mol. The molecule has 4 rings (SSSR count). The van der Waals surface area contributed by atoms with E-state index in [1.807, 2.05) is 6.92 Å². The van der Waals surface area contributed by atoms with E-state index in [-0.39, 0.29) is 23.0 Å². The molecule has 0 aliphatic heterocycles. The number of hydrogen-bond acceptors (Lipinski definition) is 6. The number of rotatable bonds is 8. The van der Waals surface area contributed by atoms with Crippen LogP contribution in [-0.2, 0) is 16.3 Å². The molecule has 0 amide bonds. The predicted molar refractivity (Wildman–Crippen MR) is 128 cm³/mol. The van der Waals surface area contributed by atoms with Gasteiger partial charge in [0.2, 0.25) is 0 Å². The van der Waals surface area contributed by atoms with Crippen LogP contribution in [0.4, 0.5) is 10.1 Å². The van der Waals surface area contributed by atoms with E-state index in [0.29, 0.717) is 40.1 Å². The minimum atomic E-state index is -3.26. The van der Waals surface area contributed by atoms with Crippen molar-refractivity contribution in [2.24, 2.45) is 0 Å². The van der Waals surface area contributed by atoms with Crippen molar-refractivity contribution < 1.29 is 31.9 Å². The Balaban J connectivity index is 1.72. The van der Waals surface area contributed by atoms with Gasteiger partial charge in [0.15, 0.2) is 9.84 Å². The largest absolute Gasteiger partial charge is 0.478 e. The van der Waals surface area contributed by atoms with Gasteiger partial charge in [-0.05, 0) is 66.6 Å². The number of nitrogens with one attached hydrogen (secondary N) is 1. The lowest BCUT2D eigenvalue weighted by molar-refractivity contribution is 0.0699. The molecule has 0 saturated carbocycles. The third-order valence-corrected chi connectivity index (χ3v) is 5.87. The fourth-order valence-corrected chi connectivity index (χ4v) is 4.00. The Labute approximate surface area is 195 Å². The summed E-state index contributed by atoms with van der Waals surface area (Å²) in [6.45, 7) is 1.90. The van der Waals surface area contributed by atoms with E-state index < -0.39 is 15.8 Å². The summed E-state index contributed by atoms with van der Waals surface area (Å²) >= 11 is 0. The van der Waals surface area contributed by atoms with Crippen LogP contribution in [0.1, 0.15) is 22.8 Å². The van der Waals surface area contributed by atoms with Crippen LogP contribution in [0.3, 0.4) is 0 Å². The molecule has 3 aromatic carbocycles. The first-order valence-electron chi connectivity index (χ1n) is 10.4. The summed E-state index contributed by atoms with van der Waals surface area (Å²) in [6, 6.07) is 15.6. The molecule has 0 saturated heterocycles. The van der Waals surface area contributed by atoms with Gasteiger partial charge < -0.3 is 19.6 Å². The van der Waals surface area contributed by atoms with Gasteiger partial charge in [-0.15, -0.1) is 0 Å². The van der Waals surface area contributed by atoms with Crippen LogP contribution in [0.15, 0.2) is 65.1 Å². The zero-order valence-electron chi connectivity index (χ0n) is 18.5. The normalized spacial score (nSPS) is 11.5. The van der Waals surface area contributed by atoms with Crippen molar-refractivity contribution in [3.8, 4) is 22.8 Å². The zero-order valence-corrected chi connectivity index (χ0v) is 19.3. The molecule has 0 fully saturated rings. The van der Waals surface area contributed by atoms with Crippen molar-refractivity contribution in [2.75, 3.05) is 17.4 Å². The number of carbonyl (C=O) groups is 1. The number of hydrogen-bond donors (Lipinski definition) is 2. The van der Waals surface area contributed by atoms with Gasteiger partial charge in [-0.1, -0.05) is 6.92 Å². The van der Waals surface area contributed by atoms with Gasteiger partial charge in [0.1, 0.15) is 40.1 Å². The number of sulfone groups is 1. The molecular formula is C25H22FNO6S. The van der Waals surface area contributed by atoms with Crippen LogP contribution >= 0.6 is 0 Å². The summed E-state index contributed by atoms with van der Waals surface area (Å²) in [5.41, 5.74) is 2.22. The van der Waals surface area contributed by atoms with E-state index in [1.54, 1.807) is 36.4 Å². The summed E-state index contributed by atoms with van der Waals surface area (Å²) in [6.07, 6.45) is 1.69. The van der Waals surface area contributed by atoms with E-state index in [9.17, 15) is 22.7 Å². The van der Waals surface area contributed by atoms with E-state index in [1.165, 1.54) is 24.3 Å². The maximum absolute atomic E-state index is 13.1. The van der Waals surface area contributed by atoms with Crippen molar-refractivity contribution in [3.63, 3.8) is 0 Å². The molecule has 0 radical (unpaired) electrons. The lowest BCUT2D eigenvalue weighted by atomic mass is 10.0. The topological polar surface area (TPSA) is 106 Å². The molecule has 0 aliphatic rings. The van der Waals surface area contributed by atoms with Crippen LogP contribution in [0.2, 0.25) is 0 Å². The average molecular weight is 484 g/mol. The third kappa shape index (κ3) is 5.04. The smallest absolute Gasteiger partial charge is 0.340 e. The summed E-state index contributed by atoms with van der Waals surface area (Å²) in [5.74, 6) is -0.623.